The largest absolute Gasteiger partial charge is 0.434 e. The zero-order valence-corrected chi connectivity index (χ0v) is 8.17. The number of alkyl halides is 2. The van der Waals surface area contributed by atoms with E-state index in [1.54, 1.807) is 0 Å². The lowest BCUT2D eigenvalue weighted by atomic mass is 10.2. The molecule has 1 rings (SSSR count). The minimum Gasteiger partial charge on any atom is -0.434 e. The van der Waals surface area contributed by atoms with Crippen molar-refractivity contribution in [3.8, 4) is 11.5 Å². The van der Waals surface area contributed by atoms with E-state index < -0.39 is 24.3 Å². The Morgan fingerprint density at radius 2 is 2.00 bits per heavy atom. The van der Waals surface area contributed by atoms with Gasteiger partial charge in [0.2, 0.25) is 0 Å². The fourth-order valence-corrected chi connectivity index (χ4v) is 1.04. The summed E-state index contributed by atoms with van der Waals surface area (Å²) in [4.78, 5) is 10.4. The predicted molar refractivity (Wildman–Crippen MR) is 48.0 cm³/mol. The van der Waals surface area contributed by atoms with Crippen LogP contribution in [0.3, 0.4) is 0 Å². The van der Waals surface area contributed by atoms with E-state index in [4.69, 9.17) is 0 Å². The summed E-state index contributed by atoms with van der Waals surface area (Å²) in [5.74, 6) is -1.74. The average Bonchev–Trinajstić information content (AvgIpc) is 2.11. The highest BCUT2D eigenvalue weighted by molar-refractivity contribution is 5.68. The van der Waals surface area contributed by atoms with Crippen LogP contribution >= 0.6 is 0 Å². The molecule has 0 bridgehead atoms. The van der Waals surface area contributed by atoms with Gasteiger partial charge in [-0.05, 0) is 18.6 Å². The van der Waals surface area contributed by atoms with Crippen LogP contribution < -0.4 is 15.2 Å². The molecular weight excluding hydrogens is 227 g/mol. The first kappa shape index (κ1) is 12.2. The number of rotatable bonds is 3. The van der Waals surface area contributed by atoms with Crippen LogP contribution in [-0.4, -0.2) is 12.7 Å². The molecule has 0 aliphatic heterocycles. The first-order valence-corrected chi connectivity index (χ1v) is 4.12. The van der Waals surface area contributed by atoms with Crippen molar-refractivity contribution < 1.29 is 27.4 Å². The van der Waals surface area contributed by atoms with E-state index in [2.05, 4.69) is 15.2 Å². The SMILES string of the molecule is Cc1cc(F)c(OC(N)=O)cc1OC(F)F. The molecule has 0 aliphatic carbocycles. The summed E-state index contributed by atoms with van der Waals surface area (Å²) in [5, 5.41) is 0. The Hall–Kier alpha value is -1.92. The molecule has 4 nitrogen and oxygen atoms in total. The Bertz CT molecular complexity index is 409. The number of hydrogen-bond donors (Lipinski definition) is 1. The van der Waals surface area contributed by atoms with Crippen molar-refractivity contribution in [2.24, 2.45) is 5.73 Å². The highest BCUT2D eigenvalue weighted by atomic mass is 19.3. The fraction of sp³-hybridized carbons (Fsp3) is 0.222. The van der Waals surface area contributed by atoms with E-state index in [-0.39, 0.29) is 11.3 Å². The smallest absolute Gasteiger partial charge is 0.410 e. The normalized spacial score (nSPS) is 10.3. The molecule has 0 fully saturated rings. The molecule has 0 atom stereocenters. The zero-order chi connectivity index (χ0) is 12.3. The van der Waals surface area contributed by atoms with Gasteiger partial charge in [-0.25, -0.2) is 9.18 Å². The molecule has 0 aromatic heterocycles. The molecule has 16 heavy (non-hydrogen) atoms. The van der Waals surface area contributed by atoms with Gasteiger partial charge in [-0.3, -0.25) is 0 Å². The number of carbonyl (C=O) groups is 1. The number of primary amides is 1. The van der Waals surface area contributed by atoms with Gasteiger partial charge in [0.15, 0.2) is 11.6 Å². The first-order valence-electron chi connectivity index (χ1n) is 4.12. The van der Waals surface area contributed by atoms with Crippen molar-refractivity contribution in [1.82, 2.24) is 0 Å². The topological polar surface area (TPSA) is 61.5 Å². The van der Waals surface area contributed by atoms with Gasteiger partial charge in [-0.2, -0.15) is 8.78 Å². The number of halogens is 3. The molecule has 88 valence electrons. The van der Waals surface area contributed by atoms with Crippen LogP contribution in [0.25, 0.3) is 0 Å². The summed E-state index contributed by atoms with van der Waals surface area (Å²) >= 11 is 0. The number of carbonyl (C=O) groups excluding carboxylic acids is 1. The molecule has 1 aromatic carbocycles. The molecule has 0 saturated carbocycles. The van der Waals surface area contributed by atoms with Crippen LogP contribution in [0.15, 0.2) is 12.1 Å². The van der Waals surface area contributed by atoms with Gasteiger partial charge in [0.1, 0.15) is 5.75 Å². The fourth-order valence-electron chi connectivity index (χ4n) is 1.04. The molecule has 0 radical (unpaired) electrons. The van der Waals surface area contributed by atoms with Gasteiger partial charge in [-0.15, -0.1) is 0 Å². The highest BCUT2D eigenvalue weighted by Gasteiger charge is 2.14. The minimum atomic E-state index is -3.05. The second-order valence-electron chi connectivity index (χ2n) is 2.85. The van der Waals surface area contributed by atoms with Crippen molar-refractivity contribution >= 4 is 6.09 Å². The summed E-state index contributed by atoms with van der Waals surface area (Å²) < 4.78 is 45.4. The van der Waals surface area contributed by atoms with Gasteiger partial charge in [0.25, 0.3) is 0 Å². The second kappa shape index (κ2) is 4.73. The summed E-state index contributed by atoms with van der Waals surface area (Å²) in [7, 11) is 0. The molecule has 0 spiro atoms. The van der Waals surface area contributed by atoms with Crippen molar-refractivity contribution in [3.63, 3.8) is 0 Å². The highest BCUT2D eigenvalue weighted by Crippen LogP contribution is 2.28. The lowest BCUT2D eigenvalue weighted by molar-refractivity contribution is -0.0504. The van der Waals surface area contributed by atoms with Crippen LogP contribution in [0.2, 0.25) is 0 Å². The Kier molecular flexibility index (Phi) is 3.60. The molecule has 1 amide bonds. The Morgan fingerprint density at radius 1 is 1.38 bits per heavy atom. The van der Waals surface area contributed by atoms with E-state index in [1.165, 1.54) is 6.92 Å². The summed E-state index contributed by atoms with van der Waals surface area (Å²) in [6.45, 7) is -1.68. The third kappa shape index (κ3) is 3.04. The molecule has 7 heteroatoms. The van der Waals surface area contributed by atoms with E-state index >= 15 is 0 Å². The van der Waals surface area contributed by atoms with Gasteiger partial charge in [0, 0.05) is 6.07 Å². The molecule has 1 aromatic rings. The molecule has 0 heterocycles. The Balaban J connectivity index is 3.05. The van der Waals surface area contributed by atoms with E-state index in [0.717, 1.165) is 12.1 Å². The minimum absolute atomic E-state index is 0.148. The standard InChI is InChI=1S/C9H8F3NO3/c1-4-2-5(10)7(16-9(13)14)3-6(4)15-8(11)12/h2-3,8H,1H3,(H2,13,14). The maximum atomic E-state index is 13.2. The van der Waals surface area contributed by atoms with Crippen LogP contribution in [0, 0.1) is 12.7 Å². The van der Waals surface area contributed by atoms with Crippen LogP contribution in [-0.2, 0) is 0 Å². The maximum absolute atomic E-state index is 13.2. The van der Waals surface area contributed by atoms with Crippen molar-refractivity contribution in [2.45, 2.75) is 13.5 Å². The van der Waals surface area contributed by atoms with Gasteiger partial charge >= 0.3 is 12.7 Å². The van der Waals surface area contributed by atoms with E-state index in [1.807, 2.05) is 0 Å². The van der Waals surface area contributed by atoms with Gasteiger partial charge < -0.3 is 15.2 Å². The maximum Gasteiger partial charge on any atom is 0.410 e. The van der Waals surface area contributed by atoms with Crippen molar-refractivity contribution in [3.05, 3.63) is 23.5 Å². The number of benzene rings is 1. The molecular formula is C9H8F3NO3. The quantitative estimate of drug-likeness (QED) is 0.873. The summed E-state index contributed by atoms with van der Waals surface area (Å²) in [6.07, 6.45) is -1.24. The number of amides is 1. The van der Waals surface area contributed by atoms with Gasteiger partial charge in [0.05, 0.1) is 0 Å². The number of nitrogens with two attached hydrogens (primary N) is 1. The lowest BCUT2D eigenvalue weighted by Gasteiger charge is -2.10. The monoisotopic (exact) mass is 235 g/mol. The van der Waals surface area contributed by atoms with Crippen LogP contribution in [0.4, 0.5) is 18.0 Å². The third-order valence-corrected chi connectivity index (χ3v) is 1.66. The predicted octanol–water partition coefficient (Wildman–Crippen LogP) is 2.19. The lowest BCUT2D eigenvalue weighted by Crippen LogP contribution is -2.17. The molecule has 0 saturated heterocycles. The summed E-state index contributed by atoms with van der Waals surface area (Å²) in [5.41, 5.74) is 4.81. The van der Waals surface area contributed by atoms with Crippen LogP contribution in [0.1, 0.15) is 5.56 Å². The number of ether oxygens (including phenoxy) is 2. The average molecular weight is 235 g/mol. The zero-order valence-electron chi connectivity index (χ0n) is 8.17. The second-order valence-corrected chi connectivity index (χ2v) is 2.85. The third-order valence-electron chi connectivity index (χ3n) is 1.66. The van der Waals surface area contributed by atoms with E-state index in [9.17, 15) is 18.0 Å². The van der Waals surface area contributed by atoms with Crippen LogP contribution in [0.5, 0.6) is 11.5 Å². The summed E-state index contributed by atoms with van der Waals surface area (Å²) in [6, 6.07) is 1.73. The van der Waals surface area contributed by atoms with Gasteiger partial charge in [-0.1, -0.05) is 0 Å². The molecule has 0 unspecified atom stereocenters. The Labute approximate surface area is 88.8 Å². The Morgan fingerprint density at radius 3 is 2.50 bits per heavy atom. The van der Waals surface area contributed by atoms with Crippen molar-refractivity contribution in [2.75, 3.05) is 0 Å². The molecule has 0 aliphatic rings. The first-order chi connectivity index (χ1) is 7.40. The number of aryl methyl sites for hydroxylation is 1. The van der Waals surface area contributed by atoms with Crippen molar-refractivity contribution in [1.29, 1.82) is 0 Å². The van der Waals surface area contributed by atoms with E-state index in [0.29, 0.717) is 0 Å². The molecule has 2 N–H and O–H groups in total. The number of hydrogen-bond acceptors (Lipinski definition) is 3.